The molecule has 5 nitrogen and oxygen atoms in total. The van der Waals surface area contributed by atoms with E-state index in [0.717, 1.165) is 0 Å². The van der Waals surface area contributed by atoms with Gasteiger partial charge >= 0.3 is 0 Å². The highest BCUT2D eigenvalue weighted by Gasteiger charge is 2.26. The van der Waals surface area contributed by atoms with E-state index >= 15 is 0 Å². The molecule has 0 fully saturated rings. The lowest BCUT2D eigenvalue weighted by molar-refractivity contribution is -0.130. The van der Waals surface area contributed by atoms with Crippen LogP contribution in [0.15, 0.2) is 30.3 Å². The van der Waals surface area contributed by atoms with Crippen LogP contribution in [-0.4, -0.2) is 23.3 Å². The number of amides is 1. The Morgan fingerprint density at radius 3 is 2.47 bits per heavy atom. The average Bonchev–Trinajstić information content (AvgIpc) is 2.38. The number of nitrogens with one attached hydrogen (secondary N) is 2. The van der Waals surface area contributed by atoms with E-state index in [0.29, 0.717) is 11.5 Å². The zero-order valence-corrected chi connectivity index (χ0v) is 10.8. The summed E-state index contributed by atoms with van der Waals surface area (Å²) in [6, 6.07) is 8.26. The van der Waals surface area contributed by atoms with Gasteiger partial charge in [0.2, 0.25) is 0 Å². The van der Waals surface area contributed by atoms with Gasteiger partial charge in [0.1, 0.15) is 0 Å². The van der Waals surface area contributed by atoms with Gasteiger partial charge < -0.3 is 4.57 Å². The lowest BCUT2D eigenvalue weighted by atomic mass is 10.4. The molecule has 2 unspecified atom stereocenters. The normalized spacial score (nSPS) is 15.9. The molecule has 0 radical (unpaired) electrons. The Morgan fingerprint density at radius 2 is 2.00 bits per heavy atom. The Labute approximate surface area is 101 Å². The van der Waals surface area contributed by atoms with Crippen molar-refractivity contribution in [2.24, 2.45) is 0 Å². The summed E-state index contributed by atoms with van der Waals surface area (Å²) in [6.45, 7) is 3.35. The van der Waals surface area contributed by atoms with Crippen molar-refractivity contribution >= 4 is 18.5 Å². The number of carbonyl (C=O) groups excluding carboxylic acids is 1. The second kappa shape index (κ2) is 5.96. The van der Waals surface area contributed by atoms with E-state index in [1.807, 2.05) is 6.07 Å². The van der Waals surface area contributed by atoms with Gasteiger partial charge in [0.05, 0.1) is 6.04 Å². The monoisotopic (exact) mass is 256 g/mol. The fourth-order valence-corrected chi connectivity index (χ4v) is 3.58. The molecule has 1 amide bonds. The molecule has 0 saturated carbocycles. The largest absolute Gasteiger partial charge is 0.302 e. The van der Waals surface area contributed by atoms with Gasteiger partial charge in [-0.1, -0.05) is 37.3 Å². The highest BCUT2D eigenvalue weighted by Crippen LogP contribution is 2.39. The smallest absolute Gasteiger partial charge is 0.260 e. The van der Waals surface area contributed by atoms with Crippen LogP contribution < -0.4 is 15.9 Å². The molecular weight excluding hydrogens is 239 g/mol. The van der Waals surface area contributed by atoms with Crippen molar-refractivity contribution < 1.29 is 14.6 Å². The van der Waals surface area contributed by atoms with Gasteiger partial charge in [0, 0.05) is 11.5 Å². The van der Waals surface area contributed by atoms with Crippen molar-refractivity contribution in [3.63, 3.8) is 0 Å². The van der Waals surface area contributed by atoms with E-state index in [1.54, 1.807) is 43.6 Å². The Hall–Kier alpha value is -1.16. The van der Waals surface area contributed by atoms with Crippen LogP contribution in [0.1, 0.15) is 13.8 Å². The minimum Gasteiger partial charge on any atom is -0.302 e. The molecule has 1 rings (SSSR count). The summed E-state index contributed by atoms with van der Waals surface area (Å²) in [5, 5.41) is 12.0. The maximum absolute atomic E-state index is 12.6. The number of hydroxylamine groups is 1. The number of carbonyl (C=O) groups is 1. The lowest BCUT2D eigenvalue weighted by Crippen LogP contribution is -2.41. The van der Waals surface area contributed by atoms with Crippen LogP contribution in [0.2, 0.25) is 0 Å². The second-order valence-electron chi connectivity index (χ2n) is 3.72. The Kier molecular flexibility index (Phi) is 4.87. The van der Waals surface area contributed by atoms with E-state index in [-0.39, 0.29) is 0 Å². The number of hydrogen-bond acceptors (Lipinski definition) is 3. The topological polar surface area (TPSA) is 78.4 Å². The van der Waals surface area contributed by atoms with Gasteiger partial charge in [-0.3, -0.25) is 15.1 Å². The Bertz CT molecular complexity index is 422. The molecule has 0 aliphatic rings. The van der Waals surface area contributed by atoms with Gasteiger partial charge in [-0.05, 0) is 6.92 Å². The van der Waals surface area contributed by atoms with Crippen molar-refractivity contribution in [2.75, 3.05) is 6.16 Å². The standard InChI is InChI=1S/C11H17N2O3P/c1-3-17(16,10-7-5-4-6-8-10)13-9(2)11(14)12-15/h4-9,15H,3H2,1-2H3,(H,12,14)(H,13,16). The number of hydrogen-bond donors (Lipinski definition) is 3. The molecule has 0 spiro atoms. The van der Waals surface area contributed by atoms with Crippen LogP contribution in [0.25, 0.3) is 0 Å². The molecule has 94 valence electrons. The van der Waals surface area contributed by atoms with Crippen LogP contribution in [0.4, 0.5) is 0 Å². The van der Waals surface area contributed by atoms with Crippen molar-refractivity contribution in [3.05, 3.63) is 30.3 Å². The molecule has 0 aliphatic carbocycles. The van der Waals surface area contributed by atoms with Gasteiger partial charge in [0.25, 0.3) is 5.91 Å². The summed E-state index contributed by atoms with van der Waals surface area (Å²) in [5.41, 5.74) is 1.54. The lowest BCUT2D eigenvalue weighted by Gasteiger charge is -2.21. The molecule has 2 atom stereocenters. The highest BCUT2D eigenvalue weighted by atomic mass is 31.2. The predicted molar refractivity (Wildman–Crippen MR) is 66.8 cm³/mol. The molecule has 0 bridgehead atoms. The number of rotatable bonds is 5. The summed E-state index contributed by atoms with van der Waals surface area (Å²) >= 11 is 0. The summed E-state index contributed by atoms with van der Waals surface area (Å²) in [4.78, 5) is 11.2. The first-order valence-electron chi connectivity index (χ1n) is 5.40. The van der Waals surface area contributed by atoms with Crippen molar-refractivity contribution in [1.82, 2.24) is 10.6 Å². The van der Waals surface area contributed by atoms with Crippen LogP contribution in [0, 0.1) is 0 Å². The van der Waals surface area contributed by atoms with Gasteiger partial charge in [-0.25, -0.2) is 5.48 Å². The van der Waals surface area contributed by atoms with Crippen LogP contribution in [0.3, 0.4) is 0 Å². The number of benzene rings is 1. The van der Waals surface area contributed by atoms with Gasteiger partial charge in [-0.2, -0.15) is 0 Å². The molecule has 0 saturated heterocycles. The quantitative estimate of drug-likeness (QED) is 0.418. The Balaban J connectivity index is 2.91. The van der Waals surface area contributed by atoms with E-state index in [9.17, 15) is 9.36 Å². The first-order chi connectivity index (χ1) is 8.03. The molecule has 3 N–H and O–H groups in total. The molecule has 0 aromatic heterocycles. The fraction of sp³-hybridized carbons (Fsp3) is 0.364. The first-order valence-corrected chi connectivity index (χ1v) is 7.29. The van der Waals surface area contributed by atoms with Gasteiger partial charge in [0.15, 0.2) is 7.29 Å². The van der Waals surface area contributed by atoms with Crippen LogP contribution >= 0.6 is 7.29 Å². The van der Waals surface area contributed by atoms with Crippen molar-refractivity contribution in [3.8, 4) is 0 Å². The van der Waals surface area contributed by atoms with Crippen molar-refractivity contribution in [2.45, 2.75) is 19.9 Å². The molecule has 1 aromatic rings. The van der Waals surface area contributed by atoms with E-state index in [2.05, 4.69) is 5.09 Å². The second-order valence-corrected chi connectivity index (χ2v) is 6.60. The van der Waals surface area contributed by atoms with E-state index < -0.39 is 19.2 Å². The molecule has 1 aromatic carbocycles. The first kappa shape index (κ1) is 13.9. The zero-order chi connectivity index (χ0) is 12.9. The molecule has 6 heteroatoms. The molecule has 0 aliphatic heterocycles. The zero-order valence-electron chi connectivity index (χ0n) is 9.88. The van der Waals surface area contributed by atoms with Crippen LogP contribution in [0.5, 0.6) is 0 Å². The predicted octanol–water partition coefficient (Wildman–Crippen LogP) is 1.09. The summed E-state index contributed by atoms with van der Waals surface area (Å²) in [5.74, 6) is -0.602. The summed E-state index contributed by atoms with van der Waals surface area (Å²) < 4.78 is 12.6. The van der Waals surface area contributed by atoms with Crippen molar-refractivity contribution in [1.29, 1.82) is 0 Å². The third-order valence-corrected chi connectivity index (χ3v) is 5.35. The SMILES string of the molecule is CCP(=O)(NC(C)C(=O)NO)c1ccccc1. The minimum absolute atomic E-state index is 0.403. The minimum atomic E-state index is -2.80. The molecule has 17 heavy (non-hydrogen) atoms. The maximum atomic E-state index is 12.6. The summed E-state index contributed by atoms with van der Waals surface area (Å²) in [6.07, 6.45) is 0.403. The highest BCUT2D eigenvalue weighted by molar-refractivity contribution is 7.69. The Morgan fingerprint density at radius 1 is 1.41 bits per heavy atom. The molecule has 0 heterocycles. The third-order valence-electron chi connectivity index (χ3n) is 2.52. The fourth-order valence-electron chi connectivity index (χ4n) is 1.49. The third kappa shape index (κ3) is 3.40. The van der Waals surface area contributed by atoms with Gasteiger partial charge in [-0.15, -0.1) is 0 Å². The molecular formula is C11H17N2O3P. The van der Waals surface area contributed by atoms with Crippen LogP contribution in [-0.2, 0) is 9.36 Å². The maximum Gasteiger partial charge on any atom is 0.260 e. The van der Waals surface area contributed by atoms with E-state index in [1.165, 1.54) is 0 Å². The average molecular weight is 256 g/mol. The summed E-state index contributed by atoms with van der Waals surface area (Å²) in [7, 11) is -2.80. The van der Waals surface area contributed by atoms with E-state index in [4.69, 9.17) is 5.21 Å².